The lowest BCUT2D eigenvalue weighted by Crippen LogP contribution is -2.41. The number of hydrogen-bond acceptors (Lipinski definition) is 6. The molecule has 2 saturated heterocycles. The van der Waals surface area contributed by atoms with Gasteiger partial charge in [0.2, 0.25) is 5.82 Å². The molecule has 32 heavy (non-hydrogen) atoms. The number of benzene rings is 1. The van der Waals surface area contributed by atoms with E-state index in [1.807, 2.05) is 0 Å². The Labute approximate surface area is 181 Å². The summed E-state index contributed by atoms with van der Waals surface area (Å²) in [5.74, 6) is -0.895. The average Bonchev–Trinajstić information content (AvgIpc) is 2.78. The molecule has 1 aromatic carbocycles. The van der Waals surface area contributed by atoms with Crippen LogP contribution in [0.15, 0.2) is 30.6 Å². The van der Waals surface area contributed by atoms with Crippen molar-refractivity contribution in [3.63, 3.8) is 0 Å². The number of aromatic nitrogens is 2. The van der Waals surface area contributed by atoms with Crippen LogP contribution in [0.3, 0.4) is 0 Å². The van der Waals surface area contributed by atoms with E-state index < -0.39 is 29.3 Å². The summed E-state index contributed by atoms with van der Waals surface area (Å²) in [4.78, 5) is 9.60. The molecule has 174 valence electrons. The Balaban J connectivity index is 1.55. The van der Waals surface area contributed by atoms with E-state index in [1.165, 1.54) is 18.5 Å². The molecule has 2 aliphatic heterocycles. The highest BCUT2D eigenvalue weighted by atomic mass is 19.4. The van der Waals surface area contributed by atoms with Crippen molar-refractivity contribution in [3.8, 4) is 0 Å². The van der Waals surface area contributed by atoms with Crippen molar-refractivity contribution in [2.24, 2.45) is 0 Å². The van der Waals surface area contributed by atoms with E-state index in [4.69, 9.17) is 9.47 Å². The lowest BCUT2D eigenvalue weighted by molar-refractivity contribution is -0.137. The lowest BCUT2D eigenvalue weighted by Gasteiger charge is -2.37. The maximum atomic E-state index is 15.3. The standard InChI is InChI=1S/C21H23F5N4O2/c22-17-18(27-12-20(23)5-8-31-9-6-20)28-13-29-19(17)30-7-10-32-11-16(30)14-1-3-15(4-2-14)21(24,25)26/h1-4,13,16H,5-12H2,(H,27,28,29)/t16-/m1/s1. The molecular formula is C21H23F5N4O2. The predicted molar refractivity (Wildman–Crippen MR) is 107 cm³/mol. The van der Waals surface area contributed by atoms with Crippen LogP contribution < -0.4 is 10.2 Å². The van der Waals surface area contributed by atoms with Crippen LogP contribution in [0.1, 0.15) is 30.0 Å². The van der Waals surface area contributed by atoms with E-state index in [9.17, 15) is 17.6 Å². The lowest BCUT2D eigenvalue weighted by atomic mass is 9.96. The third-order valence-electron chi connectivity index (χ3n) is 5.76. The van der Waals surface area contributed by atoms with Gasteiger partial charge in [-0.3, -0.25) is 0 Å². The second kappa shape index (κ2) is 9.14. The first-order chi connectivity index (χ1) is 15.3. The molecule has 3 heterocycles. The number of rotatable bonds is 5. The number of alkyl halides is 4. The maximum Gasteiger partial charge on any atom is 0.416 e. The van der Waals surface area contributed by atoms with Gasteiger partial charge in [0.1, 0.15) is 12.0 Å². The molecule has 1 N–H and O–H groups in total. The van der Waals surface area contributed by atoms with Crippen molar-refractivity contribution in [3.05, 3.63) is 47.5 Å². The van der Waals surface area contributed by atoms with Crippen molar-refractivity contribution in [2.45, 2.75) is 30.7 Å². The van der Waals surface area contributed by atoms with Crippen LogP contribution in [0, 0.1) is 5.82 Å². The molecule has 0 saturated carbocycles. The zero-order valence-corrected chi connectivity index (χ0v) is 17.2. The average molecular weight is 458 g/mol. The SMILES string of the molecule is Fc1c(NCC2(F)CCOCC2)ncnc1N1CCOC[C@@H]1c1ccc(C(F)(F)F)cc1. The van der Waals surface area contributed by atoms with E-state index in [-0.39, 0.29) is 44.2 Å². The molecule has 0 bridgehead atoms. The first-order valence-electron chi connectivity index (χ1n) is 10.3. The predicted octanol–water partition coefficient (Wildman–Crippen LogP) is 4.14. The zero-order valence-electron chi connectivity index (χ0n) is 17.2. The van der Waals surface area contributed by atoms with Crippen LogP contribution in [-0.2, 0) is 15.7 Å². The van der Waals surface area contributed by atoms with Crippen LogP contribution in [0.5, 0.6) is 0 Å². The number of nitrogens with zero attached hydrogens (tertiary/aromatic N) is 3. The van der Waals surface area contributed by atoms with Crippen LogP contribution >= 0.6 is 0 Å². The van der Waals surface area contributed by atoms with Gasteiger partial charge in [0.15, 0.2) is 11.6 Å². The minimum atomic E-state index is -4.45. The first-order valence-corrected chi connectivity index (χ1v) is 10.3. The van der Waals surface area contributed by atoms with Gasteiger partial charge in [0.25, 0.3) is 0 Å². The van der Waals surface area contributed by atoms with Crippen molar-refractivity contribution >= 4 is 11.6 Å². The fourth-order valence-electron chi connectivity index (χ4n) is 3.87. The van der Waals surface area contributed by atoms with Gasteiger partial charge in [0, 0.05) is 32.6 Å². The first kappa shape index (κ1) is 22.7. The fourth-order valence-corrected chi connectivity index (χ4v) is 3.87. The smallest absolute Gasteiger partial charge is 0.381 e. The second-order valence-corrected chi connectivity index (χ2v) is 7.88. The van der Waals surface area contributed by atoms with E-state index in [2.05, 4.69) is 15.3 Å². The molecule has 6 nitrogen and oxygen atoms in total. The molecule has 0 unspecified atom stereocenters. The van der Waals surface area contributed by atoms with Crippen LogP contribution in [0.2, 0.25) is 0 Å². The summed E-state index contributed by atoms with van der Waals surface area (Å²) in [6, 6.07) is 4.14. The zero-order chi connectivity index (χ0) is 22.8. The molecule has 2 aliphatic rings. The largest absolute Gasteiger partial charge is 0.416 e. The normalized spacial score (nSPS) is 21.4. The second-order valence-electron chi connectivity index (χ2n) is 7.88. The third kappa shape index (κ3) is 4.93. The van der Waals surface area contributed by atoms with E-state index >= 15 is 4.39 Å². The number of nitrogens with one attached hydrogen (secondary N) is 1. The van der Waals surface area contributed by atoms with Crippen LogP contribution in [0.4, 0.5) is 33.6 Å². The molecular weight excluding hydrogens is 435 g/mol. The highest BCUT2D eigenvalue weighted by molar-refractivity contribution is 5.53. The maximum absolute atomic E-state index is 15.3. The molecule has 1 aromatic heterocycles. The van der Waals surface area contributed by atoms with Gasteiger partial charge in [-0.25, -0.2) is 14.4 Å². The molecule has 11 heteroatoms. The van der Waals surface area contributed by atoms with E-state index in [0.29, 0.717) is 25.4 Å². The molecule has 0 aliphatic carbocycles. The van der Waals surface area contributed by atoms with Crippen molar-refractivity contribution < 1.29 is 31.4 Å². The van der Waals surface area contributed by atoms with Crippen molar-refractivity contribution in [1.82, 2.24) is 9.97 Å². The Morgan fingerprint density at radius 1 is 1.06 bits per heavy atom. The van der Waals surface area contributed by atoms with Crippen molar-refractivity contribution in [1.29, 1.82) is 0 Å². The number of halogens is 5. The number of ether oxygens (including phenoxy) is 2. The summed E-state index contributed by atoms with van der Waals surface area (Å²) in [6.45, 7) is 1.23. The monoisotopic (exact) mass is 458 g/mol. The fraction of sp³-hybridized carbons (Fsp3) is 0.524. The minimum absolute atomic E-state index is 0.0180. The number of anilines is 2. The van der Waals surface area contributed by atoms with Crippen LogP contribution in [-0.4, -0.2) is 55.2 Å². The summed E-state index contributed by atoms with van der Waals surface area (Å²) in [6.07, 6.45) is -2.86. The molecule has 2 fully saturated rings. The molecule has 4 rings (SSSR count). The quantitative estimate of drug-likeness (QED) is 0.680. The Hall–Kier alpha value is -2.53. The van der Waals surface area contributed by atoms with E-state index in [0.717, 1.165) is 12.1 Å². The summed E-state index contributed by atoms with van der Waals surface area (Å²) in [5.41, 5.74) is -1.75. The van der Waals surface area contributed by atoms with E-state index in [1.54, 1.807) is 4.90 Å². The summed E-state index contributed by atoms with van der Waals surface area (Å²) in [5, 5.41) is 2.74. The topological polar surface area (TPSA) is 59.5 Å². The van der Waals surface area contributed by atoms with Gasteiger partial charge in [-0.15, -0.1) is 0 Å². The molecule has 0 amide bonds. The highest BCUT2D eigenvalue weighted by Crippen LogP contribution is 2.35. The van der Waals surface area contributed by atoms with Gasteiger partial charge in [-0.1, -0.05) is 12.1 Å². The Morgan fingerprint density at radius 2 is 1.78 bits per heavy atom. The molecule has 2 aromatic rings. The number of hydrogen-bond donors (Lipinski definition) is 1. The van der Waals surface area contributed by atoms with Gasteiger partial charge in [-0.05, 0) is 17.7 Å². The molecule has 0 spiro atoms. The van der Waals surface area contributed by atoms with Gasteiger partial charge >= 0.3 is 6.18 Å². The summed E-state index contributed by atoms with van der Waals surface area (Å²) < 4.78 is 79.4. The Bertz CT molecular complexity index is 919. The third-order valence-corrected chi connectivity index (χ3v) is 5.76. The van der Waals surface area contributed by atoms with Crippen LogP contribution in [0.25, 0.3) is 0 Å². The van der Waals surface area contributed by atoms with Crippen molar-refractivity contribution in [2.75, 3.05) is 49.7 Å². The Morgan fingerprint density at radius 3 is 2.47 bits per heavy atom. The highest BCUT2D eigenvalue weighted by Gasteiger charge is 2.34. The minimum Gasteiger partial charge on any atom is -0.381 e. The molecule has 0 radical (unpaired) electrons. The number of morpholine rings is 1. The molecule has 1 atom stereocenters. The summed E-state index contributed by atoms with van der Waals surface area (Å²) in [7, 11) is 0. The van der Waals surface area contributed by atoms with Gasteiger partial charge in [-0.2, -0.15) is 17.6 Å². The summed E-state index contributed by atoms with van der Waals surface area (Å²) >= 11 is 0. The Kier molecular flexibility index (Phi) is 6.47. The van der Waals surface area contributed by atoms with Gasteiger partial charge in [0.05, 0.1) is 31.4 Å². The van der Waals surface area contributed by atoms with Gasteiger partial charge < -0.3 is 19.7 Å².